The smallest absolute Gasteiger partial charge is 0.326 e. The van der Waals surface area contributed by atoms with Crippen molar-refractivity contribution in [1.29, 1.82) is 0 Å². The van der Waals surface area contributed by atoms with Gasteiger partial charge in [-0.3, -0.25) is 4.79 Å². The fraction of sp³-hybridized carbons (Fsp3) is 0.429. The van der Waals surface area contributed by atoms with Crippen LogP contribution in [0.1, 0.15) is 35.2 Å². The highest BCUT2D eigenvalue weighted by Gasteiger charge is 2.32. The molecule has 0 aromatic heterocycles. The Kier molecular flexibility index (Phi) is 4.70. The average molecular weight is 361 g/mol. The number of aryl methyl sites for hydroxylation is 1. The Bertz CT molecular complexity index is 538. The van der Waals surface area contributed by atoms with Gasteiger partial charge in [-0.25, -0.2) is 4.79 Å². The third-order valence-corrected chi connectivity index (χ3v) is 5.08. The standard InChI is InChI=1S/C14H15BrClNO3/c1-8-6-9(7-10(16)12(8)15)13(18)17-5-3-2-4-11(17)14(19)20/h6-7,11H,2-5H2,1H3,(H,19,20)/t11-/m1/s1. The van der Waals surface area contributed by atoms with Crippen LogP contribution in [-0.4, -0.2) is 34.5 Å². The largest absolute Gasteiger partial charge is 0.480 e. The molecule has 1 aromatic rings. The summed E-state index contributed by atoms with van der Waals surface area (Å²) in [5.41, 5.74) is 1.29. The molecule has 6 heteroatoms. The normalized spacial score (nSPS) is 18.9. The summed E-state index contributed by atoms with van der Waals surface area (Å²) in [7, 11) is 0. The van der Waals surface area contributed by atoms with E-state index in [0.717, 1.165) is 22.9 Å². The summed E-state index contributed by atoms with van der Waals surface area (Å²) < 4.78 is 0.754. The van der Waals surface area contributed by atoms with Gasteiger partial charge in [0.05, 0.1) is 5.02 Å². The lowest BCUT2D eigenvalue weighted by Gasteiger charge is -2.33. The van der Waals surface area contributed by atoms with Gasteiger partial charge in [0.2, 0.25) is 0 Å². The lowest BCUT2D eigenvalue weighted by Crippen LogP contribution is -2.48. The van der Waals surface area contributed by atoms with E-state index in [4.69, 9.17) is 11.6 Å². The number of carboxylic acid groups (broad SMARTS) is 1. The molecule has 0 saturated carbocycles. The summed E-state index contributed by atoms with van der Waals surface area (Å²) in [6, 6.07) is 2.57. The number of benzene rings is 1. The third kappa shape index (κ3) is 2.99. The monoisotopic (exact) mass is 359 g/mol. The molecule has 1 N–H and O–H groups in total. The van der Waals surface area contributed by atoms with Crippen molar-refractivity contribution < 1.29 is 14.7 Å². The molecule has 108 valence electrons. The van der Waals surface area contributed by atoms with Crippen molar-refractivity contribution in [2.45, 2.75) is 32.2 Å². The molecule has 1 aliphatic heterocycles. The number of amides is 1. The molecule has 2 rings (SSSR count). The van der Waals surface area contributed by atoms with Crippen LogP contribution in [0.4, 0.5) is 0 Å². The molecule has 1 amide bonds. The van der Waals surface area contributed by atoms with Crippen molar-refractivity contribution in [3.05, 3.63) is 32.8 Å². The van der Waals surface area contributed by atoms with Crippen LogP contribution in [0, 0.1) is 6.92 Å². The first kappa shape index (κ1) is 15.3. The molecule has 4 nitrogen and oxygen atoms in total. The highest BCUT2D eigenvalue weighted by atomic mass is 79.9. The van der Waals surface area contributed by atoms with E-state index in [1.54, 1.807) is 12.1 Å². The SMILES string of the molecule is Cc1cc(C(=O)N2CCCC[C@@H]2C(=O)O)cc(Cl)c1Br. The van der Waals surface area contributed by atoms with Crippen LogP contribution >= 0.6 is 27.5 Å². The molecule has 0 spiro atoms. The van der Waals surface area contributed by atoms with Gasteiger partial charge < -0.3 is 10.0 Å². The van der Waals surface area contributed by atoms with Crippen molar-refractivity contribution in [2.24, 2.45) is 0 Å². The molecule has 1 heterocycles. The predicted octanol–water partition coefficient (Wildman–Crippen LogP) is 3.49. The molecule has 0 bridgehead atoms. The Morgan fingerprint density at radius 3 is 2.70 bits per heavy atom. The summed E-state index contributed by atoms with van der Waals surface area (Å²) in [6.07, 6.45) is 2.17. The zero-order valence-corrected chi connectivity index (χ0v) is 13.4. The Morgan fingerprint density at radius 2 is 2.10 bits per heavy atom. The number of hydrogen-bond acceptors (Lipinski definition) is 2. The van der Waals surface area contributed by atoms with E-state index >= 15 is 0 Å². The first-order chi connectivity index (χ1) is 9.41. The summed E-state index contributed by atoms with van der Waals surface area (Å²) >= 11 is 9.41. The van der Waals surface area contributed by atoms with Crippen molar-refractivity contribution >= 4 is 39.4 Å². The topological polar surface area (TPSA) is 57.6 Å². The number of rotatable bonds is 2. The quantitative estimate of drug-likeness (QED) is 0.878. The first-order valence-electron chi connectivity index (χ1n) is 6.41. The Morgan fingerprint density at radius 1 is 1.40 bits per heavy atom. The number of hydrogen-bond donors (Lipinski definition) is 1. The van der Waals surface area contributed by atoms with Gasteiger partial charge in [-0.2, -0.15) is 0 Å². The molecule has 0 unspecified atom stereocenters. The molecule has 0 radical (unpaired) electrons. The number of piperidine rings is 1. The predicted molar refractivity (Wildman–Crippen MR) is 80.2 cm³/mol. The maximum Gasteiger partial charge on any atom is 0.326 e. The van der Waals surface area contributed by atoms with E-state index in [1.165, 1.54) is 4.90 Å². The molecule has 1 aliphatic rings. The molecular weight excluding hydrogens is 346 g/mol. The fourth-order valence-corrected chi connectivity index (χ4v) is 2.94. The maximum atomic E-state index is 12.5. The molecule has 1 aromatic carbocycles. The van der Waals surface area contributed by atoms with Crippen LogP contribution in [0.2, 0.25) is 5.02 Å². The summed E-state index contributed by atoms with van der Waals surface area (Å²) in [4.78, 5) is 25.2. The highest BCUT2D eigenvalue weighted by Crippen LogP contribution is 2.29. The molecule has 0 aliphatic carbocycles. The van der Waals surface area contributed by atoms with E-state index in [1.807, 2.05) is 6.92 Å². The van der Waals surface area contributed by atoms with Crippen LogP contribution in [0.5, 0.6) is 0 Å². The minimum absolute atomic E-state index is 0.269. The number of carboxylic acids is 1. The minimum Gasteiger partial charge on any atom is -0.480 e. The van der Waals surface area contributed by atoms with Gasteiger partial charge in [-0.1, -0.05) is 11.6 Å². The number of carbonyl (C=O) groups is 2. The number of carbonyl (C=O) groups excluding carboxylic acids is 1. The first-order valence-corrected chi connectivity index (χ1v) is 7.58. The van der Waals surface area contributed by atoms with Crippen molar-refractivity contribution in [3.63, 3.8) is 0 Å². The van der Waals surface area contributed by atoms with Gasteiger partial charge in [-0.05, 0) is 59.8 Å². The Balaban J connectivity index is 2.32. The van der Waals surface area contributed by atoms with Crippen molar-refractivity contribution in [2.75, 3.05) is 6.54 Å². The van der Waals surface area contributed by atoms with Crippen LogP contribution in [0.15, 0.2) is 16.6 Å². The minimum atomic E-state index is -0.946. The molecule has 1 saturated heterocycles. The molecular formula is C14H15BrClNO3. The van der Waals surface area contributed by atoms with E-state index in [9.17, 15) is 14.7 Å². The second-order valence-corrected chi connectivity index (χ2v) is 6.14. The number of halogens is 2. The van der Waals surface area contributed by atoms with Crippen molar-refractivity contribution in [1.82, 2.24) is 4.90 Å². The van der Waals surface area contributed by atoms with Crippen LogP contribution < -0.4 is 0 Å². The lowest BCUT2D eigenvalue weighted by molar-refractivity contribution is -0.143. The van der Waals surface area contributed by atoms with Crippen LogP contribution in [0.3, 0.4) is 0 Å². The molecule has 1 atom stereocenters. The average Bonchev–Trinajstić information content (AvgIpc) is 2.43. The van der Waals surface area contributed by atoms with Gasteiger partial charge in [0.25, 0.3) is 5.91 Å². The van der Waals surface area contributed by atoms with Gasteiger partial charge in [-0.15, -0.1) is 0 Å². The van der Waals surface area contributed by atoms with Crippen LogP contribution in [-0.2, 0) is 4.79 Å². The van der Waals surface area contributed by atoms with Crippen molar-refractivity contribution in [3.8, 4) is 0 Å². The molecule has 1 fully saturated rings. The van der Waals surface area contributed by atoms with E-state index < -0.39 is 12.0 Å². The zero-order valence-electron chi connectivity index (χ0n) is 11.0. The Hall–Kier alpha value is -1.07. The number of nitrogens with zero attached hydrogens (tertiary/aromatic N) is 1. The fourth-order valence-electron chi connectivity index (χ4n) is 2.45. The van der Waals surface area contributed by atoms with E-state index in [2.05, 4.69) is 15.9 Å². The number of likely N-dealkylation sites (tertiary alicyclic amines) is 1. The zero-order chi connectivity index (χ0) is 14.9. The maximum absolute atomic E-state index is 12.5. The Labute approximate surface area is 130 Å². The summed E-state index contributed by atoms with van der Waals surface area (Å²) in [6.45, 7) is 2.32. The lowest BCUT2D eigenvalue weighted by atomic mass is 10.0. The second kappa shape index (κ2) is 6.14. The van der Waals surface area contributed by atoms with Gasteiger partial charge in [0.15, 0.2) is 0 Å². The highest BCUT2D eigenvalue weighted by molar-refractivity contribution is 9.10. The van der Waals surface area contributed by atoms with Crippen LogP contribution in [0.25, 0.3) is 0 Å². The van der Waals surface area contributed by atoms with Gasteiger partial charge in [0.1, 0.15) is 6.04 Å². The van der Waals surface area contributed by atoms with Gasteiger partial charge >= 0.3 is 5.97 Å². The second-order valence-electron chi connectivity index (χ2n) is 4.94. The molecule has 20 heavy (non-hydrogen) atoms. The number of aliphatic carboxylic acids is 1. The third-order valence-electron chi connectivity index (χ3n) is 3.51. The summed E-state index contributed by atoms with van der Waals surface area (Å²) in [5.74, 6) is -1.22. The van der Waals surface area contributed by atoms with E-state index in [-0.39, 0.29) is 5.91 Å². The summed E-state index contributed by atoms with van der Waals surface area (Å²) in [5, 5.41) is 9.69. The van der Waals surface area contributed by atoms with Gasteiger partial charge in [0, 0.05) is 16.6 Å². The van der Waals surface area contributed by atoms with E-state index in [0.29, 0.717) is 23.6 Å².